The van der Waals surface area contributed by atoms with Crippen molar-refractivity contribution in [1.82, 2.24) is 5.32 Å². The van der Waals surface area contributed by atoms with Gasteiger partial charge in [-0.25, -0.2) is 4.79 Å². The number of methoxy groups -OCH3 is 2. The summed E-state index contributed by atoms with van der Waals surface area (Å²) in [6, 6.07) is 7.86. The fourth-order valence-electron chi connectivity index (χ4n) is 3.12. The topological polar surface area (TPSA) is 59.6 Å². The number of rotatable bonds is 5. The second-order valence-electron chi connectivity index (χ2n) is 6.15. The first kappa shape index (κ1) is 18.7. The molecule has 3 rings (SSSR count). The van der Waals surface area contributed by atoms with Gasteiger partial charge in [0, 0.05) is 4.88 Å². The molecule has 1 heterocycles. The zero-order valence-electron chi connectivity index (χ0n) is 15.0. The zero-order valence-corrected chi connectivity index (χ0v) is 16.7. The molecule has 2 aromatic rings. The highest BCUT2D eigenvalue weighted by atomic mass is 32.1. The normalized spacial score (nSPS) is 13.7. The van der Waals surface area contributed by atoms with Gasteiger partial charge in [0.1, 0.15) is 10.8 Å². The van der Waals surface area contributed by atoms with Crippen LogP contribution in [0.3, 0.4) is 0 Å². The van der Waals surface area contributed by atoms with Crippen molar-refractivity contribution in [2.45, 2.75) is 32.2 Å². The van der Waals surface area contributed by atoms with Crippen molar-refractivity contribution in [3.05, 3.63) is 45.8 Å². The highest BCUT2D eigenvalue weighted by Crippen LogP contribution is 2.39. The van der Waals surface area contributed by atoms with E-state index in [1.165, 1.54) is 12.0 Å². The number of nitrogens with one attached hydrogen (secondary N) is 2. The number of thiophene rings is 1. The minimum atomic E-state index is -0.307. The largest absolute Gasteiger partial charge is 0.497 e. The van der Waals surface area contributed by atoms with Gasteiger partial charge in [0.15, 0.2) is 5.11 Å². The van der Waals surface area contributed by atoms with Crippen LogP contribution in [0.15, 0.2) is 24.3 Å². The predicted molar refractivity (Wildman–Crippen MR) is 108 cm³/mol. The lowest BCUT2D eigenvalue weighted by molar-refractivity contribution is 0.0601. The summed E-state index contributed by atoms with van der Waals surface area (Å²) in [5.41, 5.74) is 2.83. The van der Waals surface area contributed by atoms with Gasteiger partial charge in [-0.2, -0.15) is 0 Å². The van der Waals surface area contributed by atoms with Gasteiger partial charge in [-0.1, -0.05) is 12.1 Å². The Bertz CT molecular complexity index is 815. The van der Waals surface area contributed by atoms with E-state index >= 15 is 0 Å². The Morgan fingerprint density at radius 3 is 2.62 bits per heavy atom. The number of thiocarbonyl (C=S) groups is 1. The van der Waals surface area contributed by atoms with Crippen molar-refractivity contribution < 1.29 is 14.3 Å². The first-order valence-electron chi connectivity index (χ1n) is 8.47. The van der Waals surface area contributed by atoms with E-state index < -0.39 is 0 Å². The average Bonchev–Trinajstić information content (AvgIpc) is 3.21. The first-order valence-corrected chi connectivity index (χ1v) is 9.70. The molecule has 0 fully saturated rings. The Kier molecular flexibility index (Phi) is 5.78. The second kappa shape index (κ2) is 8.05. The van der Waals surface area contributed by atoms with Crippen molar-refractivity contribution in [2.24, 2.45) is 0 Å². The molecule has 0 aliphatic heterocycles. The van der Waals surface area contributed by atoms with Crippen LogP contribution in [0.25, 0.3) is 0 Å². The Hall–Kier alpha value is -2.12. The number of carbonyl (C=O) groups excluding carboxylic acids is 1. The summed E-state index contributed by atoms with van der Waals surface area (Å²) in [5.74, 6) is 0.510. The molecule has 1 atom stereocenters. The molecule has 0 saturated heterocycles. The lowest BCUT2D eigenvalue weighted by Gasteiger charge is -2.17. The SMILES string of the molecule is COC(=O)c1c(NC(=S)NC(C)c2ccc(OC)cc2)sc2c1CCC2. The van der Waals surface area contributed by atoms with E-state index in [1.54, 1.807) is 18.4 Å². The Morgan fingerprint density at radius 2 is 1.96 bits per heavy atom. The van der Waals surface area contributed by atoms with Gasteiger partial charge < -0.3 is 20.1 Å². The maximum Gasteiger partial charge on any atom is 0.341 e. The molecule has 1 aliphatic rings. The maximum absolute atomic E-state index is 12.2. The molecule has 7 heteroatoms. The van der Waals surface area contributed by atoms with Crippen molar-refractivity contribution in [3.63, 3.8) is 0 Å². The van der Waals surface area contributed by atoms with Gasteiger partial charge >= 0.3 is 5.97 Å². The third-order valence-corrected chi connectivity index (χ3v) is 5.93. The summed E-state index contributed by atoms with van der Waals surface area (Å²) in [7, 11) is 3.06. The fourth-order valence-corrected chi connectivity index (χ4v) is 4.75. The third-order valence-electron chi connectivity index (χ3n) is 4.50. The molecule has 0 radical (unpaired) electrons. The lowest BCUT2D eigenvalue weighted by atomic mass is 10.1. The number of carbonyl (C=O) groups is 1. The molecule has 2 N–H and O–H groups in total. The van der Waals surface area contributed by atoms with E-state index in [2.05, 4.69) is 10.6 Å². The molecular weight excluding hydrogens is 368 g/mol. The molecule has 1 unspecified atom stereocenters. The van der Waals surface area contributed by atoms with Crippen molar-refractivity contribution in [3.8, 4) is 5.75 Å². The van der Waals surface area contributed by atoms with Crippen LogP contribution in [0.1, 0.15) is 45.7 Å². The van der Waals surface area contributed by atoms with E-state index in [4.69, 9.17) is 21.7 Å². The smallest absolute Gasteiger partial charge is 0.341 e. The van der Waals surface area contributed by atoms with Crippen LogP contribution in [-0.2, 0) is 17.6 Å². The molecule has 0 amide bonds. The zero-order chi connectivity index (χ0) is 18.7. The molecule has 0 saturated carbocycles. The quantitative estimate of drug-likeness (QED) is 0.593. The van der Waals surface area contributed by atoms with Crippen LogP contribution >= 0.6 is 23.6 Å². The molecular formula is C19H22N2O3S2. The summed E-state index contributed by atoms with van der Waals surface area (Å²) in [6.45, 7) is 2.03. The van der Waals surface area contributed by atoms with E-state index in [9.17, 15) is 4.79 Å². The number of hydrogen-bond donors (Lipinski definition) is 2. The fraction of sp³-hybridized carbons (Fsp3) is 0.368. The maximum atomic E-state index is 12.2. The molecule has 0 spiro atoms. The van der Waals surface area contributed by atoms with Gasteiger partial charge in [-0.15, -0.1) is 11.3 Å². The Labute approximate surface area is 162 Å². The van der Waals surface area contributed by atoms with Gasteiger partial charge in [0.05, 0.1) is 25.8 Å². The molecule has 138 valence electrons. The third kappa shape index (κ3) is 3.83. The lowest BCUT2D eigenvalue weighted by Crippen LogP contribution is -2.31. The average molecular weight is 391 g/mol. The van der Waals surface area contributed by atoms with E-state index in [1.807, 2.05) is 31.2 Å². The summed E-state index contributed by atoms with van der Waals surface area (Å²) in [4.78, 5) is 13.5. The molecule has 1 aromatic heterocycles. The number of benzene rings is 1. The minimum Gasteiger partial charge on any atom is -0.497 e. The Morgan fingerprint density at radius 1 is 1.23 bits per heavy atom. The summed E-state index contributed by atoms with van der Waals surface area (Å²) >= 11 is 7.05. The van der Waals surface area contributed by atoms with Crippen LogP contribution in [0.4, 0.5) is 5.00 Å². The molecule has 1 aromatic carbocycles. The number of esters is 1. The van der Waals surface area contributed by atoms with Crippen LogP contribution < -0.4 is 15.4 Å². The number of anilines is 1. The van der Waals surface area contributed by atoms with Gasteiger partial charge in [0.25, 0.3) is 0 Å². The predicted octanol–water partition coefficient (Wildman–Crippen LogP) is 4.08. The number of hydrogen-bond acceptors (Lipinski definition) is 5. The van der Waals surface area contributed by atoms with E-state index in [-0.39, 0.29) is 12.0 Å². The standard InChI is InChI=1S/C19H22N2O3S2/c1-11(12-7-9-13(23-2)10-8-12)20-19(25)21-17-16(18(22)24-3)14-5-4-6-15(14)26-17/h7-11H,4-6H2,1-3H3,(H2,20,21,25). The highest BCUT2D eigenvalue weighted by molar-refractivity contribution is 7.80. The number of fused-ring (bicyclic) bond motifs is 1. The molecule has 26 heavy (non-hydrogen) atoms. The summed E-state index contributed by atoms with van der Waals surface area (Å²) in [6.07, 6.45) is 3.01. The van der Waals surface area contributed by atoms with Gasteiger partial charge in [-0.05, 0) is 61.7 Å². The summed E-state index contributed by atoms with van der Waals surface area (Å²) in [5, 5.41) is 7.71. The minimum absolute atomic E-state index is 0.0225. The van der Waals surface area contributed by atoms with Crippen molar-refractivity contribution in [2.75, 3.05) is 19.5 Å². The van der Waals surface area contributed by atoms with Crippen molar-refractivity contribution >= 4 is 39.6 Å². The molecule has 5 nitrogen and oxygen atoms in total. The van der Waals surface area contributed by atoms with Crippen LogP contribution in [0.2, 0.25) is 0 Å². The number of aryl methyl sites for hydroxylation is 1. The van der Waals surface area contributed by atoms with Gasteiger partial charge in [0.2, 0.25) is 0 Å². The highest BCUT2D eigenvalue weighted by Gasteiger charge is 2.27. The van der Waals surface area contributed by atoms with Crippen molar-refractivity contribution in [1.29, 1.82) is 0 Å². The first-order chi connectivity index (χ1) is 12.5. The molecule has 0 bridgehead atoms. The monoisotopic (exact) mass is 390 g/mol. The van der Waals surface area contributed by atoms with Gasteiger partial charge in [-0.3, -0.25) is 0 Å². The van der Waals surface area contributed by atoms with E-state index in [0.29, 0.717) is 10.7 Å². The van der Waals surface area contributed by atoms with Crippen LogP contribution in [-0.4, -0.2) is 25.3 Å². The Balaban J connectivity index is 1.71. The second-order valence-corrected chi connectivity index (χ2v) is 7.66. The number of ether oxygens (including phenoxy) is 2. The van der Waals surface area contributed by atoms with Crippen LogP contribution in [0.5, 0.6) is 5.75 Å². The summed E-state index contributed by atoms with van der Waals surface area (Å²) < 4.78 is 10.2. The molecule has 1 aliphatic carbocycles. The van der Waals surface area contributed by atoms with E-state index in [0.717, 1.165) is 41.1 Å². The van der Waals surface area contributed by atoms with Crippen LogP contribution in [0, 0.1) is 0 Å².